The Balaban J connectivity index is 1.28. The number of nitrogens with one attached hydrogen (secondary N) is 1. The fraction of sp³-hybridized carbons (Fsp3) is 0.560. The lowest BCUT2D eigenvalue weighted by Crippen LogP contribution is -2.44. The molecular weight excluding hydrogens is 430 g/mol. The van der Waals surface area contributed by atoms with Crippen LogP contribution in [0.2, 0.25) is 0 Å². The van der Waals surface area contributed by atoms with E-state index < -0.39 is 12.3 Å². The normalized spacial score (nSPS) is 23.2. The van der Waals surface area contributed by atoms with Crippen molar-refractivity contribution in [1.82, 2.24) is 10.2 Å². The number of benzene rings is 1. The van der Waals surface area contributed by atoms with Gasteiger partial charge in [0, 0.05) is 38.5 Å². The molecule has 0 bridgehead atoms. The van der Waals surface area contributed by atoms with E-state index in [2.05, 4.69) is 10.2 Å². The van der Waals surface area contributed by atoms with Crippen molar-refractivity contribution < 1.29 is 27.8 Å². The second kappa shape index (κ2) is 11.5. The summed E-state index contributed by atoms with van der Waals surface area (Å²) >= 11 is 0. The number of nitrogens with zero attached hydrogens (tertiary/aromatic N) is 1. The van der Waals surface area contributed by atoms with E-state index in [-0.39, 0.29) is 11.9 Å². The Morgan fingerprint density at radius 1 is 1.24 bits per heavy atom. The molecule has 33 heavy (non-hydrogen) atoms. The highest BCUT2D eigenvalue weighted by Crippen LogP contribution is 2.31. The molecule has 2 heterocycles. The number of amides is 1. The molecular formula is C25H32F2N2O4. The molecule has 0 saturated carbocycles. The molecule has 1 amide bonds. The second-order valence-corrected chi connectivity index (χ2v) is 8.76. The summed E-state index contributed by atoms with van der Waals surface area (Å²) in [5.41, 5.74) is 1.03. The number of carbonyl (C=O) groups is 1. The van der Waals surface area contributed by atoms with E-state index in [9.17, 15) is 13.6 Å². The molecule has 1 fully saturated rings. The van der Waals surface area contributed by atoms with Crippen molar-refractivity contribution in [2.45, 2.75) is 50.5 Å². The minimum absolute atomic E-state index is 0.0610. The molecule has 3 atom stereocenters. The van der Waals surface area contributed by atoms with Crippen LogP contribution in [0.4, 0.5) is 8.78 Å². The van der Waals surface area contributed by atoms with Crippen LogP contribution >= 0.6 is 0 Å². The number of hydrogen-bond acceptors (Lipinski definition) is 5. The van der Waals surface area contributed by atoms with Gasteiger partial charge in [0.2, 0.25) is 5.91 Å². The van der Waals surface area contributed by atoms with E-state index >= 15 is 0 Å². The third-order valence-corrected chi connectivity index (χ3v) is 5.98. The molecule has 1 aromatic carbocycles. The molecule has 0 radical (unpaired) electrons. The van der Waals surface area contributed by atoms with E-state index in [1.54, 1.807) is 12.2 Å². The first-order valence-electron chi connectivity index (χ1n) is 11.7. The topological polar surface area (TPSA) is 60.0 Å². The number of ether oxygens (including phenoxy) is 3. The molecule has 6 nitrogen and oxygen atoms in total. The van der Waals surface area contributed by atoms with Gasteiger partial charge in [0.25, 0.3) is 0 Å². The molecule has 1 saturated heterocycles. The van der Waals surface area contributed by atoms with Crippen molar-refractivity contribution in [1.29, 1.82) is 0 Å². The molecule has 2 aliphatic heterocycles. The summed E-state index contributed by atoms with van der Waals surface area (Å²) in [4.78, 5) is 14.7. The summed E-state index contributed by atoms with van der Waals surface area (Å²) in [7, 11) is 0. The quantitative estimate of drug-likeness (QED) is 0.540. The highest BCUT2D eigenvalue weighted by molar-refractivity contribution is 5.76. The molecule has 1 N–H and O–H groups in total. The first-order valence-corrected chi connectivity index (χ1v) is 11.7. The Morgan fingerprint density at radius 2 is 2.09 bits per heavy atom. The summed E-state index contributed by atoms with van der Waals surface area (Å²) in [5, 5.41) is 3.12. The highest BCUT2D eigenvalue weighted by Gasteiger charge is 2.25. The maximum absolute atomic E-state index is 13.7. The van der Waals surface area contributed by atoms with Gasteiger partial charge in [-0.1, -0.05) is 6.07 Å². The van der Waals surface area contributed by atoms with Crippen molar-refractivity contribution in [3.8, 4) is 11.5 Å². The van der Waals surface area contributed by atoms with Crippen LogP contribution in [0.25, 0.3) is 0 Å². The number of hydrogen-bond donors (Lipinski definition) is 1. The largest absolute Gasteiger partial charge is 0.494 e. The van der Waals surface area contributed by atoms with E-state index in [0.29, 0.717) is 77.3 Å². The molecule has 3 aliphatic rings. The van der Waals surface area contributed by atoms with Crippen LogP contribution in [0.5, 0.6) is 11.5 Å². The zero-order valence-electron chi connectivity index (χ0n) is 18.8. The monoisotopic (exact) mass is 462 g/mol. The van der Waals surface area contributed by atoms with E-state index in [4.69, 9.17) is 14.2 Å². The van der Waals surface area contributed by atoms with Gasteiger partial charge in [0.05, 0.1) is 6.61 Å². The maximum atomic E-state index is 13.7. The van der Waals surface area contributed by atoms with Gasteiger partial charge < -0.3 is 19.5 Å². The fourth-order valence-corrected chi connectivity index (χ4v) is 4.33. The number of carbonyl (C=O) groups excluding carboxylic acids is 1. The number of halogens is 2. The summed E-state index contributed by atoms with van der Waals surface area (Å²) in [6.07, 6.45) is 5.45. The fourth-order valence-electron chi connectivity index (χ4n) is 4.33. The summed E-state index contributed by atoms with van der Waals surface area (Å²) in [6.45, 7) is 3.15. The van der Waals surface area contributed by atoms with Gasteiger partial charge in [-0.05, 0) is 55.2 Å². The van der Waals surface area contributed by atoms with Gasteiger partial charge in [-0.3, -0.25) is 9.69 Å². The summed E-state index contributed by atoms with van der Waals surface area (Å²) < 4.78 is 43.7. The van der Waals surface area contributed by atoms with Crippen molar-refractivity contribution in [3.05, 3.63) is 47.7 Å². The molecule has 0 aromatic heterocycles. The van der Waals surface area contributed by atoms with Gasteiger partial charge in [0.1, 0.15) is 31.3 Å². The summed E-state index contributed by atoms with van der Waals surface area (Å²) in [5.74, 6) is 2.04. The van der Waals surface area contributed by atoms with E-state index in [1.165, 1.54) is 6.08 Å². The summed E-state index contributed by atoms with van der Waals surface area (Å²) in [6, 6.07) is 5.69. The van der Waals surface area contributed by atoms with E-state index in [0.717, 1.165) is 17.1 Å². The van der Waals surface area contributed by atoms with Gasteiger partial charge >= 0.3 is 0 Å². The average Bonchev–Trinajstić information content (AvgIpc) is 3.22. The van der Waals surface area contributed by atoms with Gasteiger partial charge in [-0.2, -0.15) is 0 Å². The lowest BCUT2D eigenvalue weighted by molar-refractivity contribution is -0.122. The van der Waals surface area contributed by atoms with Crippen molar-refractivity contribution in [2.75, 3.05) is 39.5 Å². The van der Waals surface area contributed by atoms with Gasteiger partial charge in [-0.15, -0.1) is 0 Å². The zero-order chi connectivity index (χ0) is 23.0. The Kier molecular flexibility index (Phi) is 8.20. The van der Waals surface area contributed by atoms with Crippen LogP contribution in [0.3, 0.4) is 0 Å². The van der Waals surface area contributed by atoms with Crippen molar-refractivity contribution in [2.24, 2.45) is 0 Å². The maximum Gasteiger partial charge on any atom is 0.220 e. The SMILES string of the molecule is O=C(CCCOC1=CCC(F)C=C1)NC(Cc1ccc2c(c1)OCCO2)CN1CCC(F)C1. The van der Waals surface area contributed by atoms with Gasteiger partial charge in [-0.25, -0.2) is 8.78 Å². The molecule has 1 aromatic rings. The first kappa shape index (κ1) is 23.5. The van der Waals surface area contributed by atoms with Crippen LogP contribution in [0, 0.1) is 0 Å². The molecule has 1 aliphatic carbocycles. The first-order chi connectivity index (χ1) is 16.0. The molecule has 8 heteroatoms. The Labute approximate surface area is 193 Å². The smallest absolute Gasteiger partial charge is 0.220 e. The zero-order valence-corrected chi connectivity index (χ0v) is 18.8. The number of likely N-dealkylation sites (tertiary alicyclic amines) is 1. The van der Waals surface area contributed by atoms with Crippen molar-refractivity contribution in [3.63, 3.8) is 0 Å². The van der Waals surface area contributed by atoms with Crippen LogP contribution in [0.15, 0.2) is 42.2 Å². The second-order valence-electron chi connectivity index (χ2n) is 8.76. The third-order valence-electron chi connectivity index (χ3n) is 5.98. The van der Waals surface area contributed by atoms with Crippen LogP contribution < -0.4 is 14.8 Å². The van der Waals surface area contributed by atoms with Gasteiger partial charge in [0.15, 0.2) is 11.5 Å². The predicted molar refractivity (Wildman–Crippen MR) is 121 cm³/mol. The third kappa shape index (κ3) is 7.19. The van der Waals surface area contributed by atoms with E-state index in [1.807, 2.05) is 18.2 Å². The Bertz CT molecular complexity index is 876. The highest BCUT2D eigenvalue weighted by atomic mass is 19.1. The predicted octanol–water partition coefficient (Wildman–Crippen LogP) is 3.51. The minimum atomic E-state index is -0.947. The van der Waals surface area contributed by atoms with Crippen LogP contribution in [-0.2, 0) is 16.0 Å². The average molecular weight is 463 g/mol. The number of fused-ring (bicyclic) bond motifs is 1. The van der Waals surface area contributed by atoms with Crippen molar-refractivity contribution >= 4 is 5.91 Å². The Hall–Kier alpha value is -2.61. The molecule has 180 valence electrons. The number of rotatable bonds is 10. The molecule has 4 rings (SSSR count). The lowest BCUT2D eigenvalue weighted by atomic mass is 10.0. The minimum Gasteiger partial charge on any atom is -0.494 e. The van der Waals surface area contributed by atoms with Crippen LogP contribution in [0.1, 0.15) is 31.2 Å². The van der Waals surface area contributed by atoms with Crippen LogP contribution in [-0.4, -0.2) is 68.6 Å². The molecule has 0 spiro atoms. The number of allylic oxidation sites excluding steroid dienone is 3. The standard InChI is InChI=1S/C25H32F2N2O4/c26-19-4-6-22(7-5-19)31-11-1-2-25(30)28-21(17-29-10-9-20(27)16-29)14-18-3-8-23-24(15-18)33-13-12-32-23/h3-4,6-8,15,19-21H,1-2,5,9-14,16-17H2,(H,28,30). The lowest BCUT2D eigenvalue weighted by Gasteiger charge is -2.25. The number of alkyl halides is 2. The Morgan fingerprint density at radius 3 is 2.85 bits per heavy atom. The molecule has 3 unspecified atom stereocenters.